The number of amides is 1. The minimum absolute atomic E-state index is 0.0145. The molecule has 0 spiro atoms. The predicted octanol–water partition coefficient (Wildman–Crippen LogP) is 5.46. The molecule has 0 aliphatic heterocycles. The molecule has 0 saturated carbocycles. The number of carbonyl (C=O) groups is 1. The van der Waals surface area contributed by atoms with E-state index in [4.69, 9.17) is 11.6 Å². The van der Waals surface area contributed by atoms with Gasteiger partial charge in [-0.05, 0) is 47.5 Å². The van der Waals surface area contributed by atoms with Crippen LogP contribution in [0.25, 0.3) is 10.8 Å². The van der Waals surface area contributed by atoms with Gasteiger partial charge in [0.15, 0.2) is 0 Å². The number of fused-ring (bicyclic) bond motifs is 1. The molecule has 1 N–H and O–H groups in total. The summed E-state index contributed by atoms with van der Waals surface area (Å²) in [5.74, 6) is 0.407. The topological polar surface area (TPSA) is 29.1 Å². The first-order chi connectivity index (χ1) is 11.6. The molecule has 3 rings (SSSR count). The number of nitrogens with one attached hydrogen (secondary N) is 1. The number of benzene rings is 3. The highest BCUT2D eigenvalue weighted by molar-refractivity contribution is 8.00. The maximum atomic E-state index is 12.2. The maximum absolute atomic E-state index is 12.2. The van der Waals surface area contributed by atoms with Crippen molar-refractivity contribution in [1.29, 1.82) is 0 Å². The third-order valence-corrected chi connectivity index (χ3v) is 5.05. The Balaban J connectivity index is 1.58. The van der Waals surface area contributed by atoms with Crippen LogP contribution in [0, 0.1) is 0 Å². The van der Waals surface area contributed by atoms with Crippen LogP contribution in [0.15, 0.2) is 71.6 Å². The van der Waals surface area contributed by atoms with Crippen LogP contribution in [-0.4, -0.2) is 11.7 Å². The Morgan fingerprint density at radius 1 is 1.04 bits per heavy atom. The standard InChI is InChI=1S/C20H18ClNOS/c1-14(16-7-4-8-18(21)11-16)22-20(23)13-24-19-10-9-15-5-2-3-6-17(15)12-19/h2-12,14H,13H2,1H3,(H,22,23). The summed E-state index contributed by atoms with van der Waals surface area (Å²) in [6.07, 6.45) is 0. The smallest absolute Gasteiger partial charge is 0.230 e. The number of rotatable bonds is 5. The molecule has 3 aromatic carbocycles. The lowest BCUT2D eigenvalue weighted by Gasteiger charge is -2.14. The first-order valence-electron chi connectivity index (χ1n) is 7.78. The van der Waals surface area contributed by atoms with Crippen LogP contribution in [0.1, 0.15) is 18.5 Å². The summed E-state index contributed by atoms with van der Waals surface area (Å²) >= 11 is 7.54. The molecule has 1 unspecified atom stereocenters. The van der Waals surface area contributed by atoms with Gasteiger partial charge >= 0.3 is 0 Å². The Bertz CT molecular complexity index is 865. The molecule has 1 atom stereocenters. The zero-order chi connectivity index (χ0) is 16.9. The van der Waals surface area contributed by atoms with E-state index >= 15 is 0 Å². The molecule has 24 heavy (non-hydrogen) atoms. The SMILES string of the molecule is CC(NC(=O)CSc1ccc2ccccc2c1)c1cccc(Cl)c1. The van der Waals surface area contributed by atoms with Crippen LogP contribution >= 0.6 is 23.4 Å². The van der Waals surface area contributed by atoms with E-state index in [2.05, 4.69) is 35.6 Å². The van der Waals surface area contributed by atoms with Crippen molar-refractivity contribution >= 4 is 40.0 Å². The average molecular weight is 356 g/mol. The van der Waals surface area contributed by atoms with Crippen LogP contribution in [0.3, 0.4) is 0 Å². The van der Waals surface area contributed by atoms with E-state index in [1.165, 1.54) is 10.8 Å². The van der Waals surface area contributed by atoms with Crippen LogP contribution in [0.5, 0.6) is 0 Å². The van der Waals surface area contributed by atoms with Crippen molar-refractivity contribution in [1.82, 2.24) is 5.32 Å². The fraction of sp³-hybridized carbons (Fsp3) is 0.150. The molecule has 0 radical (unpaired) electrons. The lowest BCUT2D eigenvalue weighted by molar-refractivity contribution is -0.119. The van der Waals surface area contributed by atoms with Gasteiger partial charge in [0.2, 0.25) is 5.91 Å². The highest BCUT2D eigenvalue weighted by Gasteiger charge is 2.10. The van der Waals surface area contributed by atoms with Crippen molar-refractivity contribution in [3.8, 4) is 0 Å². The Morgan fingerprint density at radius 3 is 2.62 bits per heavy atom. The Labute approximate surface area is 151 Å². The van der Waals surface area contributed by atoms with E-state index < -0.39 is 0 Å². The molecule has 122 valence electrons. The zero-order valence-electron chi connectivity index (χ0n) is 13.3. The number of hydrogen-bond acceptors (Lipinski definition) is 2. The average Bonchev–Trinajstić information content (AvgIpc) is 2.59. The second-order valence-electron chi connectivity index (χ2n) is 5.64. The molecule has 0 bridgehead atoms. The molecule has 3 aromatic rings. The van der Waals surface area contributed by atoms with Crippen LogP contribution in [0.4, 0.5) is 0 Å². The van der Waals surface area contributed by atoms with Crippen molar-refractivity contribution in [2.45, 2.75) is 17.9 Å². The van der Waals surface area contributed by atoms with Gasteiger partial charge in [-0.25, -0.2) is 0 Å². The van der Waals surface area contributed by atoms with Crippen molar-refractivity contribution in [3.63, 3.8) is 0 Å². The van der Waals surface area contributed by atoms with Crippen LogP contribution < -0.4 is 5.32 Å². The monoisotopic (exact) mass is 355 g/mol. The Hall–Kier alpha value is -1.97. The summed E-state index contributed by atoms with van der Waals surface area (Å²) in [6.45, 7) is 1.96. The first kappa shape index (κ1) is 16.9. The van der Waals surface area contributed by atoms with Crippen LogP contribution in [0.2, 0.25) is 5.02 Å². The molecule has 2 nitrogen and oxygen atoms in total. The number of hydrogen-bond donors (Lipinski definition) is 1. The molecule has 0 aromatic heterocycles. The van der Waals surface area contributed by atoms with E-state index in [1.54, 1.807) is 11.8 Å². The van der Waals surface area contributed by atoms with Crippen molar-refractivity contribution < 1.29 is 4.79 Å². The normalized spacial score (nSPS) is 12.1. The van der Waals surface area contributed by atoms with Gasteiger partial charge in [0.1, 0.15) is 0 Å². The van der Waals surface area contributed by atoms with Crippen molar-refractivity contribution in [3.05, 3.63) is 77.3 Å². The Morgan fingerprint density at radius 2 is 1.83 bits per heavy atom. The second kappa shape index (κ2) is 7.73. The van der Waals surface area contributed by atoms with Crippen molar-refractivity contribution in [2.75, 3.05) is 5.75 Å². The molecule has 0 heterocycles. The third kappa shape index (κ3) is 4.31. The molecule has 1 amide bonds. The highest BCUT2D eigenvalue weighted by Crippen LogP contribution is 2.24. The molecular weight excluding hydrogens is 338 g/mol. The van der Waals surface area contributed by atoms with E-state index in [-0.39, 0.29) is 11.9 Å². The summed E-state index contributed by atoms with van der Waals surface area (Å²) < 4.78 is 0. The summed E-state index contributed by atoms with van der Waals surface area (Å²) in [5, 5.41) is 6.09. The van der Waals surface area contributed by atoms with E-state index in [0.29, 0.717) is 10.8 Å². The highest BCUT2D eigenvalue weighted by atomic mass is 35.5. The maximum Gasteiger partial charge on any atom is 0.230 e. The summed E-state index contributed by atoms with van der Waals surface area (Å²) in [4.78, 5) is 13.3. The van der Waals surface area contributed by atoms with Crippen LogP contribution in [-0.2, 0) is 4.79 Å². The molecule has 0 aliphatic rings. The van der Waals surface area contributed by atoms with Gasteiger partial charge in [-0.1, -0.05) is 54.1 Å². The van der Waals surface area contributed by atoms with E-state index in [0.717, 1.165) is 10.5 Å². The Kier molecular flexibility index (Phi) is 5.44. The number of halogens is 1. The molecule has 4 heteroatoms. The molecular formula is C20H18ClNOS. The number of thioether (sulfide) groups is 1. The van der Waals surface area contributed by atoms with Gasteiger partial charge in [-0.3, -0.25) is 4.79 Å². The summed E-state index contributed by atoms with van der Waals surface area (Å²) in [7, 11) is 0. The van der Waals surface area contributed by atoms with Gasteiger partial charge in [0.25, 0.3) is 0 Å². The minimum atomic E-state index is -0.0617. The first-order valence-corrected chi connectivity index (χ1v) is 9.14. The fourth-order valence-corrected chi connectivity index (χ4v) is 3.50. The van der Waals surface area contributed by atoms with Gasteiger partial charge in [-0.15, -0.1) is 11.8 Å². The van der Waals surface area contributed by atoms with Gasteiger partial charge in [-0.2, -0.15) is 0 Å². The molecule has 0 saturated heterocycles. The third-order valence-electron chi connectivity index (χ3n) is 3.82. The number of carbonyl (C=O) groups excluding carboxylic acids is 1. The largest absolute Gasteiger partial charge is 0.349 e. The van der Waals surface area contributed by atoms with Gasteiger partial charge < -0.3 is 5.32 Å². The minimum Gasteiger partial charge on any atom is -0.349 e. The second-order valence-corrected chi connectivity index (χ2v) is 7.13. The summed E-state index contributed by atoms with van der Waals surface area (Å²) in [6, 6.07) is 22.0. The predicted molar refractivity (Wildman–Crippen MR) is 103 cm³/mol. The molecule has 0 aliphatic carbocycles. The fourth-order valence-electron chi connectivity index (χ4n) is 2.55. The lowest BCUT2D eigenvalue weighted by Crippen LogP contribution is -2.28. The lowest BCUT2D eigenvalue weighted by atomic mass is 10.1. The van der Waals surface area contributed by atoms with Gasteiger partial charge in [0.05, 0.1) is 11.8 Å². The van der Waals surface area contributed by atoms with Crippen molar-refractivity contribution in [2.24, 2.45) is 0 Å². The summed E-state index contributed by atoms with van der Waals surface area (Å²) in [5.41, 5.74) is 1.01. The van der Waals surface area contributed by atoms with E-state index in [9.17, 15) is 4.79 Å². The quantitative estimate of drug-likeness (QED) is 0.615. The molecule has 0 fully saturated rings. The zero-order valence-corrected chi connectivity index (χ0v) is 14.9. The van der Waals surface area contributed by atoms with Gasteiger partial charge in [0, 0.05) is 9.92 Å². The van der Waals surface area contributed by atoms with E-state index in [1.807, 2.05) is 43.3 Å².